The fourth-order valence-electron chi connectivity index (χ4n) is 1.27. The van der Waals surface area contributed by atoms with Crippen molar-refractivity contribution in [3.05, 3.63) is 20.8 Å². The Hall–Kier alpha value is -0.190. The van der Waals surface area contributed by atoms with E-state index >= 15 is 0 Å². The van der Waals surface area contributed by atoms with Gasteiger partial charge in [-0.1, -0.05) is 13.8 Å². The number of ketones is 1. The Kier molecular flexibility index (Phi) is 4.29. The van der Waals surface area contributed by atoms with Crippen LogP contribution < -0.4 is 5.73 Å². The van der Waals surface area contributed by atoms with E-state index in [2.05, 4.69) is 29.8 Å². The fraction of sp³-hybridized carbons (Fsp3) is 0.500. The topological polar surface area (TPSA) is 43.1 Å². The van der Waals surface area contributed by atoms with Crippen molar-refractivity contribution in [2.75, 3.05) is 0 Å². The van der Waals surface area contributed by atoms with Crippen LogP contribution in [0.15, 0.2) is 15.2 Å². The summed E-state index contributed by atoms with van der Waals surface area (Å²) in [5.74, 6) is 0.484. The molecule has 1 heterocycles. The van der Waals surface area contributed by atoms with Gasteiger partial charge in [0, 0.05) is 20.8 Å². The van der Waals surface area contributed by atoms with E-state index in [1.54, 1.807) is 0 Å². The lowest BCUT2D eigenvalue weighted by molar-refractivity contribution is 0.0951. The van der Waals surface area contributed by atoms with E-state index < -0.39 is 0 Å². The second-order valence-electron chi connectivity index (χ2n) is 3.73. The molecule has 4 heteroatoms. The lowest BCUT2D eigenvalue weighted by Crippen LogP contribution is -2.31. The van der Waals surface area contributed by atoms with E-state index in [9.17, 15) is 4.79 Å². The van der Waals surface area contributed by atoms with Gasteiger partial charge < -0.3 is 5.73 Å². The molecule has 0 saturated heterocycles. The number of nitrogens with two attached hydrogens (primary N) is 1. The minimum absolute atomic E-state index is 0.0341. The minimum atomic E-state index is -0.374. The molecule has 0 aliphatic heterocycles. The molecule has 1 aromatic rings. The van der Waals surface area contributed by atoms with Gasteiger partial charge in [0.2, 0.25) is 0 Å². The van der Waals surface area contributed by atoms with Crippen LogP contribution in [0.1, 0.15) is 30.6 Å². The van der Waals surface area contributed by atoms with Crippen molar-refractivity contribution in [2.24, 2.45) is 11.7 Å². The van der Waals surface area contributed by atoms with E-state index in [1.165, 1.54) is 11.3 Å². The Morgan fingerprint density at radius 2 is 2.21 bits per heavy atom. The monoisotopic (exact) mass is 275 g/mol. The number of rotatable bonds is 4. The Morgan fingerprint density at radius 3 is 2.64 bits per heavy atom. The number of hydrogen-bond acceptors (Lipinski definition) is 3. The summed E-state index contributed by atoms with van der Waals surface area (Å²) in [5.41, 5.74) is 6.52. The molecule has 0 fully saturated rings. The zero-order valence-electron chi connectivity index (χ0n) is 8.29. The van der Waals surface area contributed by atoms with Gasteiger partial charge in [0.1, 0.15) is 0 Å². The maximum Gasteiger partial charge on any atom is 0.181 e. The predicted molar refractivity (Wildman–Crippen MR) is 63.8 cm³/mol. The molecule has 0 amide bonds. The van der Waals surface area contributed by atoms with Crippen LogP contribution >= 0.6 is 27.3 Å². The standard InChI is InChI=1S/C10H14BrNOS/c1-6(2)3-9(12)10(13)7-4-14-5-8(7)11/h4-6,9H,3,12H2,1-2H3. The molecule has 1 aromatic heterocycles. The lowest BCUT2D eigenvalue weighted by atomic mass is 9.98. The van der Waals surface area contributed by atoms with Crippen molar-refractivity contribution < 1.29 is 4.79 Å². The molecule has 14 heavy (non-hydrogen) atoms. The van der Waals surface area contributed by atoms with Crippen molar-refractivity contribution >= 4 is 33.0 Å². The van der Waals surface area contributed by atoms with Crippen molar-refractivity contribution in [3.8, 4) is 0 Å². The molecule has 0 aromatic carbocycles. The average molecular weight is 276 g/mol. The predicted octanol–water partition coefficient (Wildman–Crippen LogP) is 3.07. The molecule has 1 atom stereocenters. The highest BCUT2D eigenvalue weighted by molar-refractivity contribution is 9.10. The smallest absolute Gasteiger partial charge is 0.181 e. The molecular formula is C10H14BrNOS. The molecule has 1 rings (SSSR count). The first-order valence-corrected chi connectivity index (χ1v) is 6.27. The number of Topliss-reactive ketones (excluding diaryl/α,β-unsaturated/α-hetero) is 1. The van der Waals surface area contributed by atoms with Crippen LogP contribution in [0.5, 0.6) is 0 Å². The number of halogens is 1. The maximum atomic E-state index is 11.8. The summed E-state index contributed by atoms with van der Waals surface area (Å²) in [6.07, 6.45) is 0.737. The van der Waals surface area contributed by atoms with Gasteiger partial charge in [-0.05, 0) is 28.3 Å². The van der Waals surface area contributed by atoms with Gasteiger partial charge in [0.15, 0.2) is 5.78 Å². The summed E-state index contributed by atoms with van der Waals surface area (Å²) in [6.45, 7) is 4.13. The van der Waals surface area contributed by atoms with Gasteiger partial charge in [0.05, 0.1) is 6.04 Å². The van der Waals surface area contributed by atoms with E-state index in [-0.39, 0.29) is 11.8 Å². The second-order valence-corrected chi connectivity index (χ2v) is 5.33. The molecule has 78 valence electrons. The second kappa shape index (κ2) is 5.05. The Bertz CT molecular complexity index is 322. The van der Waals surface area contributed by atoms with Gasteiger partial charge in [-0.15, -0.1) is 0 Å². The zero-order valence-corrected chi connectivity index (χ0v) is 10.7. The number of carbonyl (C=O) groups is 1. The third kappa shape index (κ3) is 2.90. The third-order valence-corrected chi connectivity index (χ3v) is 3.64. The van der Waals surface area contributed by atoms with Crippen LogP contribution in [0.25, 0.3) is 0 Å². The van der Waals surface area contributed by atoms with Crippen LogP contribution in [0, 0.1) is 5.92 Å². The molecule has 1 unspecified atom stereocenters. The van der Waals surface area contributed by atoms with Crippen LogP contribution in [-0.4, -0.2) is 11.8 Å². The van der Waals surface area contributed by atoms with Gasteiger partial charge >= 0.3 is 0 Å². The van der Waals surface area contributed by atoms with E-state index in [0.29, 0.717) is 11.5 Å². The summed E-state index contributed by atoms with van der Waals surface area (Å²) in [7, 11) is 0. The minimum Gasteiger partial charge on any atom is -0.321 e. The van der Waals surface area contributed by atoms with Gasteiger partial charge in [-0.2, -0.15) is 11.3 Å². The Morgan fingerprint density at radius 1 is 1.57 bits per heavy atom. The normalized spacial score (nSPS) is 13.2. The molecule has 0 aliphatic rings. The van der Waals surface area contributed by atoms with Gasteiger partial charge in [-0.25, -0.2) is 0 Å². The highest BCUT2D eigenvalue weighted by Gasteiger charge is 2.19. The summed E-state index contributed by atoms with van der Waals surface area (Å²) >= 11 is 4.84. The number of hydrogen-bond donors (Lipinski definition) is 1. The van der Waals surface area contributed by atoms with Crippen molar-refractivity contribution in [3.63, 3.8) is 0 Å². The number of thiophene rings is 1. The van der Waals surface area contributed by atoms with Gasteiger partial charge in [-0.3, -0.25) is 4.79 Å². The molecule has 0 aliphatic carbocycles. The molecule has 0 bridgehead atoms. The maximum absolute atomic E-state index is 11.8. The summed E-state index contributed by atoms with van der Waals surface area (Å²) in [4.78, 5) is 11.8. The fourth-order valence-corrected chi connectivity index (χ4v) is 2.75. The Labute approximate surface area is 96.6 Å². The first kappa shape index (κ1) is 11.9. The first-order valence-electron chi connectivity index (χ1n) is 4.54. The van der Waals surface area contributed by atoms with E-state index in [4.69, 9.17) is 5.73 Å². The average Bonchev–Trinajstić information content (AvgIpc) is 2.48. The molecule has 0 radical (unpaired) electrons. The van der Waals surface area contributed by atoms with Crippen LogP contribution in [-0.2, 0) is 0 Å². The third-order valence-electron chi connectivity index (χ3n) is 1.94. The van der Waals surface area contributed by atoms with E-state index in [0.717, 1.165) is 10.9 Å². The molecule has 2 N–H and O–H groups in total. The molecule has 2 nitrogen and oxygen atoms in total. The molecule has 0 spiro atoms. The van der Waals surface area contributed by atoms with Crippen molar-refractivity contribution in [2.45, 2.75) is 26.3 Å². The quantitative estimate of drug-likeness (QED) is 0.859. The van der Waals surface area contributed by atoms with Crippen LogP contribution in [0.4, 0.5) is 0 Å². The van der Waals surface area contributed by atoms with Crippen molar-refractivity contribution in [1.29, 1.82) is 0 Å². The highest BCUT2D eigenvalue weighted by Crippen LogP contribution is 2.23. The number of carbonyl (C=O) groups excluding carboxylic acids is 1. The van der Waals surface area contributed by atoms with Crippen molar-refractivity contribution in [1.82, 2.24) is 0 Å². The zero-order chi connectivity index (χ0) is 10.7. The highest BCUT2D eigenvalue weighted by atomic mass is 79.9. The lowest BCUT2D eigenvalue weighted by Gasteiger charge is -2.12. The summed E-state index contributed by atoms with van der Waals surface area (Å²) < 4.78 is 0.853. The molecular weight excluding hydrogens is 262 g/mol. The Balaban J connectivity index is 2.71. The SMILES string of the molecule is CC(C)CC(N)C(=O)c1cscc1Br. The van der Waals surface area contributed by atoms with E-state index in [1.807, 2.05) is 10.8 Å². The summed E-state index contributed by atoms with van der Waals surface area (Å²) in [5, 5.41) is 3.74. The van der Waals surface area contributed by atoms with Crippen LogP contribution in [0.3, 0.4) is 0 Å². The summed E-state index contributed by atoms with van der Waals surface area (Å²) in [6, 6.07) is -0.374. The van der Waals surface area contributed by atoms with Crippen LogP contribution in [0.2, 0.25) is 0 Å². The van der Waals surface area contributed by atoms with Gasteiger partial charge in [0.25, 0.3) is 0 Å². The largest absolute Gasteiger partial charge is 0.321 e. The first-order chi connectivity index (χ1) is 6.52. The molecule has 0 saturated carbocycles.